The third-order valence-electron chi connectivity index (χ3n) is 4.31. The minimum Gasteiger partial charge on any atom is -0.264 e. The molecule has 3 rings (SSSR count). The van der Waals surface area contributed by atoms with Gasteiger partial charge in [-0.25, -0.2) is 0 Å². The van der Waals surface area contributed by atoms with Crippen molar-refractivity contribution in [2.75, 3.05) is 0 Å². The third kappa shape index (κ3) is 3.32. The SMILES string of the molecule is N#CC(CCc1ccc(Cl)cc1)(c1ccccc1)c1cccnc1. The lowest BCUT2D eigenvalue weighted by molar-refractivity contribution is 0.590. The van der Waals surface area contributed by atoms with Crippen molar-refractivity contribution >= 4 is 11.6 Å². The number of hydrogen-bond donors (Lipinski definition) is 0. The van der Waals surface area contributed by atoms with Gasteiger partial charge < -0.3 is 0 Å². The van der Waals surface area contributed by atoms with E-state index in [1.165, 1.54) is 5.56 Å². The smallest absolute Gasteiger partial charge is 0.109 e. The first-order chi connectivity index (χ1) is 11.7. The number of benzene rings is 2. The fourth-order valence-electron chi connectivity index (χ4n) is 2.96. The average molecular weight is 333 g/mol. The summed E-state index contributed by atoms with van der Waals surface area (Å²) in [5, 5.41) is 10.8. The third-order valence-corrected chi connectivity index (χ3v) is 4.57. The van der Waals surface area contributed by atoms with E-state index in [1.54, 1.807) is 12.4 Å². The van der Waals surface area contributed by atoms with Gasteiger partial charge in [-0.15, -0.1) is 0 Å². The Morgan fingerprint density at radius 1 is 0.917 bits per heavy atom. The molecule has 0 aliphatic carbocycles. The van der Waals surface area contributed by atoms with Gasteiger partial charge in [-0.05, 0) is 47.7 Å². The van der Waals surface area contributed by atoms with E-state index in [-0.39, 0.29) is 0 Å². The van der Waals surface area contributed by atoms with E-state index in [2.05, 4.69) is 11.1 Å². The van der Waals surface area contributed by atoms with Crippen LogP contribution in [0.25, 0.3) is 0 Å². The van der Waals surface area contributed by atoms with Crippen molar-refractivity contribution in [3.05, 3.63) is 101 Å². The molecule has 0 bridgehead atoms. The molecule has 0 saturated heterocycles. The standard InChI is InChI=1S/C21H17ClN2/c22-20-10-8-17(9-11-20)12-13-21(16-23,18-5-2-1-3-6-18)19-7-4-14-24-15-19/h1-11,14-15H,12-13H2. The quantitative estimate of drug-likeness (QED) is 0.645. The predicted octanol–water partition coefficient (Wildman–Crippen LogP) is 5.18. The molecule has 0 spiro atoms. The van der Waals surface area contributed by atoms with Crippen LogP contribution in [-0.4, -0.2) is 4.98 Å². The highest BCUT2D eigenvalue weighted by atomic mass is 35.5. The summed E-state index contributed by atoms with van der Waals surface area (Å²) in [4.78, 5) is 4.22. The molecule has 3 aromatic rings. The predicted molar refractivity (Wildman–Crippen MR) is 96.8 cm³/mol. The average Bonchev–Trinajstić information content (AvgIpc) is 2.66. The van der Waals surface area contributed by atoms with E-state index < -0.39 is 5.41 Å². The van der Waals surface area contributed by atoms with Crippen LogP contribution < -0.4 is 0 Å². The van der Waals surface area contributed by atoms with Gasteiger partial charge in [-0.3, -0.25) is 4.98 Å². The molecule has 1 heterocycles. The number of nitrogens with zero attached hydrogens (tertiary/aromatic N) is 2. The maximum atomic E-state index is 10.1. The van der Waals surface area contributed by atoms with Gasteiger partial charge >= 0.3 is 0 Å². The summed E-state index contributed by atoms with van der Waals surface area (Å²) in [5.41, 5.74) is 2.37. The molecular formula is C21H17ClN2. The molecule has 1 aromatic heterocycles. The Labute approximate surface area is 147 Å². The molecule has 0 amide bonds. The first kappa shape index (κ1) is 16.2. The first-order valence-corrected chi connectivity index (χ1v) is 8.24. The molecule has 1 unspecified atom stereocenters. The summed E-state index contributed by atoms with van der Waals surface area (Å²) >= 11 is 5.96. The fourth-order valence-corrected chi connectivity index (χ4v) is 3.09. The van der Waals surface area contributed by atoms with Gasteiger partial charge in [0.2, 0.25) is 0 Å². The van der Waals surface area contributed by atoms with Crippen LogP contribution in [0.4, 0.5) is 0 Å². The topological polar surface area (TPSA) is 36.7 Å². The Morgan fingerprint density at radius 3 is 2.25 bits per heavy atom. The Balaban J connectivity index is 1.99. The number of halogens is 1. The molecule has 0 aliphatic rings. The highest BCUT2D eigenvalue weighted by Crippen LogP contribution is 2.36. The molecule has 0 aliphatic heterocycles. The highest BCUT2D eigenvalue weighted by molar-refractivity contribution is 6.30. The van der Waals surface area contributed by atoms with Gasteiger partial charge in [0.1, 0.15) is 5.41 Å². The lowest BCUT2D eigenvalue weighted by Gasteiger charge is -2.27. The molecule has 0 N–H and O–H groups in total. The Morgan fingerprint density at radius 2 is 1.62 bits per heavy atom. The fraction of sp³-hybridized carbons (Fsp3) is 0.143. The van der Waals surface area contributed by atoms with Gasteiger partial charge in [0.05, 0.1) is 6.07 Å². The van der Waals surface area contributed by atoms with Gasteiger partial charge in [0, 0.05) is 17.4 Å². The number of aryl methyl sites for hydroxylation is 1. The van der Waals surface area contributed by atoms with Gasteiger partial charge in [0.25, 0.3) is 0 Å². The number of nitriles is 1. The van der Waals surface area contributed by atoms with Crippen LogP contribution in [-0.2, 0) is 11.8 Å². The summed E-state index contributed by atoms with van der Waals surface area (Å²) in [6, 6.07) is 24.2. The van der Waals surface area contributed by atoms with Crippen LogP contribution in [0, 0.1) is 11.3 Å². The van der Waals surface area contributed by atoms with E-state index >= 15 is 0 Å². The van der Waals surface area contributed by atoms with Crippen LogP contribution in [0.1, 0.15) is 23.1 Å². The lowest BCUT2D eigenvalue weighted by Crippen LogP contribution is -2.27. The van der Waals surface area contributed by atoms with E-state index in [4.69, 9.17) is 11.6 Å². The molecule has 0 radical (unpaired) electrons. The summed E-state index contributed by atoms with van der Waals surface area (Å²) in [5.74, 6) is 0. The number of rotatable bonds is 5. The Kier molecular flexibility index (Phi) is 4.93. The van der Waals surface area contributed by atoms with E-state index in [1.807, 2.05) is 66.7 Å². The summed E-state index contributed by atoms with van der Waals surface area (Å²) < 4.78 is 0. The van der Waals surface area contributed by atoms with Crippen molar-refractivity contribution in [2.24, 2.45) is 0 Å². The first-order valence-electron chi connectivity index (χ1n) is 7.86. The monoisotopic (exact) mass is 332 g/mol. The van der Waals surface area contributed by atoms with E-state index in [9.17, 15) is 5.26 Å². The Bertz CT molecular complexity index is 782. The van der Waals surface area contributed by atoms with Crippen LogP contribution in [0.5, 0.6) is 0 Å². The number of aromatic nitrogens is 1. The second-order valence-electron chi connectivity index (χ2n) is 5.75. The lowest BCUT2D eigenvalue weighted by atomic mass is 9.72. The molecular weight excluding hydrogens is 316 g/mol. The largest absolute Gasteiger partial charge is 0.264 e. The van der Waals surface area contributed by atoms with Crippen molar-refractivity contribution < 1.29 is 0 Å². The van der Waals surface area contributed by atoms with Crippen LogP contribution >= 0.6 is 11.6 Å². The molecule has 0 fully saturated rings. The maximum absolute atomic E-state index is 10.1. The minimum atomic E-state index is -0.713. The highest BCUT2D eigenvalue weighted by Gasteiger charge is 2.34. The van der Waals surface area contributed by atoms with Gasteiger partial charge in [-0.1, -0.05) is 60.1 Å². The second kappa shape index (κ2) is 7.29. The van der Waals surface area contributed by atoms with Crippen LogP contribution in [0.2, 0.25) is 5.02 Å². The normalized spacial score (nSPS) is 13.0. The van der Waals surface area contributed by atoms with Gasteiger partial charge in [-0.2, -0.15) is 5.26 Å². The summed E-state index contributed by atoms with van der Waals surface area (Å²) in [7, 11) is 0. The van der Waals surface area contributed by atoms with Crippen molar-refractivity contribution in [1.29, 1.82) is 5.26 Å². The maximum Gasteiger partial charge on any atom is 0.109 e. The van der Waals surface area contributed by atoms with Crippen molar-refractivity contribution in [3.8, 4) is 6.07 Å². The second-order valence-corrected chi connectivity index (χ2v) is 6.19. The van der Waals surface area contributed by atoms with Crippen LogP contribution in [0.3, 0.4) is 0 Å². The van der Waals surface area contributed by atoms with Crippen LogP contribution in [0.15, 0.2) is 79.1 Å². The molecule has 118 valence electrons. The molecule has 1 atom stereocenters. The zero-order chi connectivity index (χ0) is 16.8. The van der Waals surface area contributed by atoms with Gasteiger partial charge in [0.15, 0.2) is 0 Å². The summed E-state index contributed by atoms with van der Waals surface area (Å²) in [6.07, 6.45) is 4.99. The van der Waals surface area contributed by atoms with E-state index in [0.29, 0.717) is 6.42 Å². The molecule has 2 nitrogen and oxygen atoms in total. The van der Waals surface area contributed by atoms with Crippen molar-refractivity contribution in [1.82, 2.24) is 4.98 Å². The van der Waals surface area contributed by atoms with E-state index in [0.717, 1.165) is 22.6 Å². The zero-order valence-corrected chi connectivity index (χ0v) is 13.9. The molecule has 2 aromatic carbocycles. The van der Waals surface area contributed by atoms with Crippen molar-refractivity contribution in [2.45, 2.75) is 18.3 Å². The molecule has 24 heavy (non-hydrogen) atoms. The number of pyridine rings is 1. The zero-order valence-electron chi connectivity index (χ0n) is 13.2. The van der Waals surface area contributed by atoms with Crippen molar-refractivity contribution in [3.63, 3.8) is 0 Å². The molecule has 3 heteroatoms. The number of hydrogen-bond acceptors (Lipinski definition) is 2. The molecule has 0 saturated carbocycles. The Hall–Kier alpha value is -2.63. The minimum absolute atomic E-state index is 0.681. The summed E-state index contributed by atoms with van der Waals surface area (Å²) in [6.45, 7) is 0.